The van der Waals surface area contributed by atoms with E-state index in [1.165, 1.54) is 29.0 Å². The molecule has 1 fully saturated rings. The molecule has 1 amide bonds. The average Bonchev–Trinajstić information content (AvgIpc) is 3.24. The average molecular weight is 458 g/mol. The van der Waals surface area contributed by atoms with Crippen LogP contribution in [0.15, 0.2) is 42.5 Å². The number of benzene rings is 2. The van der Waals surface area contributed by atoms with Gasteiger partial charge < -0.3 is 5.32 Å². The molecule has 1 heterocycles. The monoisotopic (exact) mass is 457 g/mol. The molecule has 174 valence electrons. The van der Waals surface area contributed by atoms with Crippen molar-refractivity contribution in [2.75, 3.05) is 30.2 Å². The molecule has 0 atom stereocenters. The molecule has 3 rings (SSSR count). The van der Waals surface area contributed by atoms with Gasteiger partial charge in [-0.25, -0.2) is 8.42 Å². The maximum absolute atomic E-state index is 12.4. The number of nitrogens with one attached hydrogen (secondary N) is 1. The van der Waals surface area contributed by atoms with Gasteiger partial charge in [0.2, 0.25) is 15.9 Å². The van der Waals surface area contributed by atoms with E-state index in [1.807, 2.05) is 44.2 Å². The zero-order chi connectivity index (χ0) is 23.1. The van der Waals surface area contributed by atoms with Crippen molar-refractivity contribution in [3.05, 3.63) is 64.7 Å². The molecule has 0 bridgehead atoms. The fourth-order valence-electron chi connectivity index (χ4n) is 4.18. The number of carbonyl (C=O) groups is 1. The molecule has 1 aliphatic heterocycles. The van der Waals surface area contributed by atoms with E-state index in [0.717, 1.165) is 36.3 Å². The van der Waals surface area contributed by atoms with E-state index in [0.29, 0.717) is 18.7 Å². The standard InChI is InChI=1S/C25H35N3O3S/c1-20-9-6-12-24(21(20)2)28(32(3,30)31)16-8-13-25(29)26-18-22-10-7-11-23(17-22)19-27-14-4-5-15-27/h6-7,9-12,17H,4-5,8,13-16,18-19H2,1-3H3,(H,26,29). The van der Waals surface area contributed by atoms with Crippen LogP contribution in [0.1, 0.15) is 47.9 Å². The van der Waals surface area contributed by atoms with Crippen LogP contribution in [0.3, 0.4) is 0 Å². The lowest BCUT2D eigenvalue weighted by Crippen LogP contribution is -2.32. The Morgan fingerprint density at radius 2 is 1.75 bits per heavy atom. The largest absolute Gasteiger partial charge is 0.352 e. The Kier molecular flexibility index (Phi) is 8.32. The van der Waals surface area contributed by atoms with Crippen molar-refractivity contribution in [3.63, 3.8) is 0 Å². The first-order chi connectivity index (χ1) is 15.2. The number of anilines is 1. The molecule has 1 aliphatic rings. The molecule has 0 radical (unpaired) electrons. The second-order valence-electron chi connectivity index (χ2n) is 8.74. The van der Waals surface area contributed by atoms with Crippen LogP contribution in [-0.4, -0.2) is 45.1 Å². The van der Waals surface area contributed by atoms with Crippen LogP contribution < -0.4 is 9.62 Å². The minimum atomic E-state index is -3.43. The van der Waals surface area contributed by atoms with Gasteiger partial charge in [-0.15, -0.1) is 0 Å². The second kappa shape index (κ2) is 11.0. The number of rotatable bonds is 10. The van der Waals surface area contributed by atoms with E-state index in [1.54, 1.807) is 0 Å². The fraction of sp³-hybridized carbons (Fsp3) is 0.480. The van der Waals surface area contributed by atoms with Crippen molar-refractivity contribution in [1.82, 2.24) is 10.2 Å². The molecule has 6 nitrogen and oxygen atoms in total. The number of carbonyl (C=O) groups excluding carboxylic acids is 1. The van der Waals surface area contributed by atoms with Gasteiger partial charge in [-0.05, 0) is 74.5 Å². The number of sulfonamides is 1. The molecule has 0 unspecified atom stereocenters. The summed E-state index contributed by atoms with van der Waals surface area (Å²) in [6.45, 7) is 7.93. The second-order valence-corrected chi connectivity index (χ2v) is 10.6. The highest BCUT2D eigenvalue weighted by Gasteiger charge is 2.20. The van der Waals surface area contributed by atoms with Crippen LogP contribution in [0.25, 0.3) is 0 Å². The number of hydrogen-bond acceptors (Lipinski definition) is 4. The van der Waals surface area contributed by atoms with Crippen molar-refractivity contribution < 1.29 is 13.2 Å². The lowest BCUT2D eigenvalue weighted by Gasteiger charge is -2.24. The van der Waals surface area contributed by atoms with Crippen LogP contribution in [0.4, 0.5) is 5.69 Å². The van der Waals surface area contributed by atoms with Crippen molar-refractivity contribution in [3.8, 4) is 0 Å². The number of hydrogen-bond donors (Lipinski definition) is 1. The molecular weight excluding hydrogens is 422 g/mol. The smallest absolute Gasteiger partial charge is 0.232 e. The number of likely N-dealkylation sites (tertiary alicyclic amines) is 1. The molecule has 1 N–H and O–H groups in total. The van der Waals surface area contributed by atoms with Crippen molar-refractivity contribution >= 4 is 21.6 Å². The van der Waals surface area contributed by atoms with Gasteiger partial charge in [-0.1, -0.05) is 36.4 Å². The summed E-state index contributed by atoms with van der Waals surface area (Å²) in [4.78, 5) is 14.8. The molecule has 0 aliphatic carbocycles. The van der Waals surface area contributed by atoms with Gasteiger partial charge >= 0.3 is 0 Å². The molecule has 0 spiro atoms. The highest BCUT2D eigenvalue weighted by Crippen LogP contribution is 2.25. The molecule has 1 saturated heterocycles. The van der Waals surface area contributed by atoms with E-state index in [9.17, 15) is 13.2 Å². The summed E-state index contributed by atoms with van der Waals surface area (Å²) in [5.41, 5.74) is 5.03. The SMILES string of the molecule is Cc1cccc(N(CCCC(=O)NCc2cccc(CN3CCCC3)c2)S(C)(=O)=O)c1C. The summed E-state index contributed by atoms with van der Waals surface area (Å²) < 4.78 is 26.1. The van der Waals surface area contributed by atoms with Crippen molar-refractivity contribution in [2.24, 2.45) is 0 Å². The quantitative estimate of drug-likeness (QED) is 0.590. The topological polar surface area (TPSA) is 69.7 Å². The minimum Gasteiger partial charge on any atom is -0.352 e. The fourth-order valence-corrected chi connectivity index (χ4v) is 5.20. The Morgan fingerprint density at radius 3 is 2.47 bits per heavy atom. The van der Waals surface area contributed by atoms with Gasteiger partial charge in [-0.3, -0.25) is 14.0 Å². The number of nitrogens with zero attached hydrogens (tertiary/aromatic N) is 2. The molecule has 7 heteroatoms. The Balaban J connectivity index is 1.50. The van der Waals surface area contributed by atoms with E-state index in [2.05, 4.69) is 22.3 Å². The van der Waals surface area contributed by atoms with Crippen molar-refractivity contribution in [2.45, 2.75) is 52.6 Å². The Labute approximate surface area is 192 Å². The highest BCUT2D eigenvalue weighted by molar-refractivity contribution is 7.92. The summed E-state index contributed by atoms with van der Waals surface area (Å²) >= 11 is 0. The third kappa shape index (κ3) is 6.81. The minimum absolute atomic E-state index is 0.0654. The number of aryl methyl sites for hydroxylation is 1. The van der Waals surface area contributed by atoms with Gasteiger partial charge in [0.25, 0.3) is 0 Å². The third-order valence-corrected chi connectivity index (χ3v) is 7.28. The summed E-state index contributed by atoms with van der Waals surface area (Å²) in [5, 5.41) is 2.97. The molecule has 0 aromatic heterocycles. The maximum atomic E-state index is 12.4. The van der Waals surface area contributed by atoms with E-state index >= 15 is 0 Å². The Hall–Kier alpha value is -2.38. The molecular formula is C25H35N3O3S. The van der Waals surface area contributed by atoms with Gasteiger partial charge in [0.15, 0.2) is 0 Å². The lowest BCUT2D eigenvalue weighted by molar-refractivity contribution is -0.121. The summed E-state index contributed by atoms with van der Waals surface area (Å²) in [5.74, 6) is -0.0654. The first-order valence-electron chi connectivity index (χ1n) is 11.3. The van der Waals surface area contributed by atoms with E-state index < -0.39 is 10.0 Å². The van der Waals surface area contributed by atoms with Crippen LogP contribution in [-0.2, 0) is 27.9 Å². The van der Waals surface area contributed by atoms with Crippen LogP contribution in [0.5, 0.6) is 0 Å². The lowest BCUT2D eigenvalue weighted by atomic mass is 10.1. The first-order valence-corrected chi connectivity index (χ1v) is 13.2. The van der Waals surface area contributed by atoms with Crippen LogP contribution >= 0.6 is 0 Å². The summed E-state index contributed by atoms with van der Waals surface area (Å²) in [6, 6.07) is 14.0. The molecule has 32 heavy (non-hydrogen) atoms. The molecule has 2 aromatic rings. The summed E-state index contributed by atoms with van der Waals surface area (Å²) in [7, 11) is -3.43. The van der Waals surface area contributed by atoms with Gasteiger partial charge in [0.1, 0.15) is 0 Å². The molecule has 2 aromatic carbocycles. The van der Waals surface area contributed by atoms with E-state index in [-0.39, 0.29) is 18.9 Å². The van der Waals surface area contributed by atoms with Gasteiger partial charge in [0, 0.05) is 26.1 Å². The Bertz CT molecular complexity index is 1030. The number of amides is 1. The van der Waals surface area contributed by atoms with Gasteiger partial charge in [-0.2, -0.15) is 0 Å². The zero-order valence-electron chi connectivity index (χ0n) is 19.4. The first kappa shape index (κ1) is 24.3. The Morgan fingerprint density at radius 1 is 1.06 bits per heavy atom. The van der Waals surface area contributed by atoms with Crippen LogP contribution in [0.2, 0.25) is 0 Å². The van der Waals surface area contributed by atoms with Gasteiger partial charge in [0.05, 0.1) is 11.9 Å². The molecule has 0 saturated carbocycles. The highest BCUT2D eigenvalue weighted by atomic mass is 32.2. The predicted molar refractivity (Wildman–Crippen MR) is 130 cm³/mol. The summed E-state index contributed by atoms with van der Waals surface area (Å²) in [6.07, 6.45) is 4.50. The third-order valence-electron chi connectivity index (χ3n) is 6.10. The normalized spacial score (nSPS) is 14.5. The maximum Gasteiger partial charge on any atom is 0.232 e. The zero-order valence-corrected chi connectivity index (χ0v) is 20.2. The predicted octanol–water partition coefficient (Wildman–Crippen LogP) is 3.76. The van der Waals surface area contributed by atoms with E-state index in [4.69, 9.17) is 0 Å². The van der Waals surface area contributed by atoms with Crippen molar-refractivity contribution in [1.29, 1.82) is 0 Å². The van der Waals surface area contributed by atoms with Crippen LogP contribution in [0, 0.1) is 13.8 Å².